The molecule has 0 aromatic heterocycles. The van der Waals surface area contributed by atoms with Gasteiger partial charge in [0, 0.05) is 0 Å². The molecule has 0 fully saturated rings. The maximum atomic E-state index is 12.2. The minimum atomic E-state index is -4.96. The van der Waals surface area contributed by atoms with Crippen molar-refractivity contribution in [2.45, 2.75) is 19.6 Å². The van der Waals surface area contributed by atoms with Gasteiger partial charge in [0.25, 0.3) is 40.5 Å². The average Bonchev–Trinajstić information content (AvgIpc) is 2.97. The zero-order valence-corrected chi connectivity index (χ0v) is 26.7. The van der Waals surface area contributed by atoms with Crippen LogP contribution in [0.4, 0.5) is 22.7 Å². The summed E-state index contributed by atoms with van der Waals surface area (Å²) >= 11 is 0. The highest BCUT2D eigenvalue weighted by atomic mass is 32.2. The largest absolute Gasteiger partial charge is 0.506 e. The van der Waals surface area contributed by atoms with Crippen molar-refractivity contribution in [3.05, 3.63) is 83.9 Å². The van der Waals surface area contributed by atoms with E-state index in [9.17, 15) is 62.1 Å². The summed E-state index contributed by atoms with van der Waals surface area (Å²) in [5.41, 5.74) is -1.65. The summed E-state index contributed by atoms with van der Waals surface area (Å²) in [5, 5.41) is 34.6. The molecule has 0 radical (unpaired) electrons. The van der Waals surface area contributed by atoms with Gasteiger partial charge in [0.2, 0.25) is 0 Å². The fourth-order valence-electron chi connectivity index (χ4n) is 3.78. The molecular formula is C26H20N4O14S4. The van der Waals surface area contributed by atoms with Crippen LogP contribution in [0.15, 0.2) is 113 Å². The molecule has 4 aromatic carbocycles. The van der Waals surface area contributed by atoms with E-state index in [2.05, 4.69) is 20.5 Å². The number of aromatic hydroxyl groups is 2. The smallest absolute Gasteiger partial charge is 0.295 e. The lowest BCUT2D eigenvalue weighted by Crippen LogP contribution is -2.01. The van der Waals surface area contributed by atoms with E-state index in [0.29, 0.717) is 0 Å². The number of phenolic OH excluding ortho intramolecular Hbond substituents is 2. The molecule has 22 heteroatoms. The Balaban J connectivity index is 1.69. The molecule has 0 unspecified atom stereocenters. The van der Waals surface area contributed by atoms with Crippen LogP contribution >= 0.6 is 0 Å². The van der Waals surface area contributed by atoms with Gasteiger partial charge in [-0.25, -0.2) is 0 Å². The lowest BCUT2D eigenvalue weighted by atomic mass is 10.1. The number of nitrogens with zero attached hydrogens (tertiary/aromatic N) is 4. The van der Waals surface area contributed by atoms with E-state index in [0.717, 1.165) is 72.8 Å². The third-order valence-electron chi connectivity index (χ3n) is 6.03. The highest BCUT2D eigenvalue weighted by Gasteiger charge is 2.19. The van der Waals surface area contributed by atoms with Crippen molar-refractivity contribution in [2.24, 2.45) is 20.5 Å². The van der Waals surface area contributed by atoms with Crippen LogP contribution in [-0.2, 0) is 40.5 Å². The Bertz CT molecular complexity index is 2310. The third kappa shape index (κ3) is 8.90. The predicted molar refractivity (Wildman–Crippen MR) is 166 cm³/mol. The van der Waals surface area contributed by atoms with Crippen LogP contribution in [0.3, 0.4) is 0 Å². The molecule has 0 atom stereocenters. The van der Waals surface area contributed by atoms with Crippen molar-refractivity contribution < 1.29 is 62.1 Å². The minimum Gasteiger partial charge on any atom is -0.506 e. The topological polar surface area (TPSA) is 307 Å². The zero-order chi connectivity index (χ0) is 35.7. The fraction of sp³-hybridized carbons (Fsp3) is 0. The van der Waals surface area contributed by atoms with E-state index in [-0.39, 0.29) is 22.5 Å². The highest BCUT2D eigenvalue weighted by Crippen LogP contribution is 2.34. The predicted octanol–water partition coefficient (Wildman–Crippen LogP) is 5.09. The van der Waals surface area contributed by atoms with E-state index < -0.39 is 82.9 Å². The summed E-state index contributed by atoms with van der Waals surface area (Å²) in [6.45, 7) is 0. The highest BCUT2D eigenvalue weighted by molar-refractivity contribution is 7.86. The molecule has 0 heterocycles. The van der Waals surface area contributed by atoms with Gasteiger partial charge in [0.15, 0.2) is 0 Å². The SMILES string of the molecule is O=S(=O)(O)c1ccc(O)c(N=Nc2ccc(C=Cc3ccc(N=Nc4cc(S(=O)(=O)O)ccc4O)cc3S(=O)(=O)O)c(S(=O)(=O)O)c2)c1. The van der Waals surface area contributed by atoms with E-state index >= 15 is 0 Å². The summed E-state index contributed by atoms with van der Waals surface area (Å²) in [6, 6.07) is 11.6. The van der Waals surface area contributed by atoms with Crippen molar-refractivity contribution in [3.63, 3.8) is 0 Å². The Labute approximate surface area is 272 Å². The first-order chi connectivity index (χ1) is 22.1. The molecule has 0 aliphatic carbocycles. The van der Waals surface area contributed by atoms with E-state index in [1.165, 1.54) is 12.1 Å². The summed E-state index contributed by atoms with van der Waals surface area (Å²) < 4.78 is 132. The number of rotatable bonds is 10. The molecule has 0 bridgehead atoms. The summed E-state index contributed by atoms with van der Waals surface area (Å²) in [5.74, 6) is -1.07. The molecule has 0 amide bonds. The molecule has 6 N–H and O–H groups in total. The summed E-state index contributed by atoms with van der Waals surface area (Å²) in [7, 11) is -19.2. The second-order valence-corrected chi connectivity index (χ2v) is 15.0. The van der Waals surface area contributed by atoms with Crippen LogP contribution in [0.5, 0.6) is 11.5 Å². The molecule has 4 rings (SSSR count). The molecule has 0 aliphatic heterocycles. The van der Waals surface area contributed by atoms with Crippen LogP contribution in [-0.4, -0.2) is 62.1 Å². The fourth-order valence-corrected chi connectivity index (χ4v) is 6.19. The monoisotopic (exact) mass is 740 g/mol. The standard InChI is InChI=1S/C26H20N4O14S4/c31-23-9-7-19(45(33,34)35)13-21(23)29-27-17-5-3-15(25(11-17)47(39,40)41)1-2-16-4-6-18(12-26(16)48(42,43)44)28-30-22-14-20(46(36,37)38)8-10-24(22)32/h1-14,31-32H,(H,33,34,35)(H,36,37,38)(H,39,40,41)(H,42,43,44). The minimum absolute atomic E-state index is 0.202. The molecule has 48 heavy (non-hydrogen) atoms. The van der Waals surface area contributed by atoms with Gasteiger partial charge in [-0.2, -0.15) is 43.9 Å². The Morgan fingerprint density at radius 3 is 1.10 bits per heavy atom. The van der Waals surface area contributed by atoms with Crippen molar-refractivity contribution in [3.8, 4) is 11.5 Å². The van der Waals surface area contributed by atoms with Gasteiger partial charge in [0.05, 0.1) is 21.2 Å². The van der Waals surface area contributed by atoms with E-state index in [1.54, 1.807) is 0 Å². The molecule has 18 nitrogen and oxygen atoms in total. The maximum absolute atomic E-state index is 12.2. The molecule has 252 valence electrons. The molecular weight excluding hydrogens is 721 g/mol. The zero-order valence-electron chi connectivity index (χ0n) is 23.5. The van der Waals surface area contributed by atoms with Gasteiger partial charge >= 0.3 is 0 Å². The van der Waals surface area contributed by atoms with Crippen LogP contribution in [0.1, 0.15) is 11.1 Å². The molecule has 0 saturated carbocycles. The molecule has 0 saturated heterocycles. The Morgan fingerprint density at radius 1 is 0.438 bits per heavy atom. The van der Waals surface area contributed by atoms with Crippen LogP contribution in [0.2, 0.25) is 0 Å². The second-order valence-electron chi connectivity index (χ2n) is 9.38. The number of hydrogen-bond donors (Lipinski definition) is 6. The summed E-state index contributed by atoms with van der Waals surface area (Å²) in [6.07, 6.45) is 2.13. The third-order valence-corrected chi connectivity index (χ3v) is 9.55. The summed E-state index contributed by atoms with van der Waals surface area (Å²) in [4.78, 5) is -2.70. The van der Waals surface area contributed by atoms with Gasteiger partial charge in [-0.15, -0.1) is 10.2 Å². The molecule has 0 aliphatic rings. The van der Waals surface area contributed by atoms with Crippen molar-refractivity contribution in [1.29, 1.82) is 0 Å². The van der Waals surface area contributed by atoms with Crippen molar-refractivity contribution in [1.82, 2.24) is 0 Å². The Morgan fingerprint density at radius 2 is 0.792 bits per heavy atom. The lowest BCUT2D eigenvalue weighted by molar-refractivity contribution is 0.472. The number of azo groups is 2. The molecule has 0 spiro atoms. The van der Waals surface area contributed by atoms with Crippen LogP contribution < -0.4 is 0 Å². The first-order valence-corrected chi connectivity index (χ1v) is 18.2. The number of phenols is 2. The quantitative estimate of drug-likeness (QED) is 0.0701. The second kappa shape index (κ2) is 13.3. The number of benzene rings is 4. The van der Waals surface area contributed by atoms with Gasteiger partial charge < -0.3 is 10.2 Å². The lowest BCUT2D eigenvalue weighted by Gasteiger charge is -2.07. The van der Waals surface area contributed by atoms with Gasteiger partial charge in [-0.3, -0.25) is 18.2 Å². The van der Waals surface area contributed by atoms with Crippen molar-refractivity contribution in [2.75, 3.05) is 0 Å². The van der Waals surface area contributed by atoms with Crippen LogP contribution in [0, 0.1) is 0 Å². The Kier molecular flexibility index (Phi) is 9.94. The van der Waals surface area contributed by atoms with Gasteiger partial charge in [0.1, 0.15) is 32.7 Å². The van der Waals surface area contributed by atoms with Crippen LogP contribution in [0.25, 0.3) is 12.2 Å². The van der Waals surface area contributed by atoms with E-state index in [1.807, 2.05) is 0 Å². The van der Waals surface area contributed by atoms with E-state index in [4.69, 9.17) is 0 Å². The average molecular weight is 741 g/mol. The normalized spacial score (nSPS) is 13.2. The Hall–Kier alpha value is -4.94. The van der Waals surface area contributed by atoms with Gasteiger partial charge in [-0.1, -0.05) is 24.3 Å². The maximum Gasteiger partial charge on any atom is 0.295 e. The van der Waals surface area contributed by atoms with Crippen molar-refractivity contribution >= 4 is 75.4 Å². The van der Waals surface area contributed by atoms with Gasteiger partial charge in [-0.05, 0) is 71.8 Å². The first kappa shape index (κ1) is 35.9. The first-order valence-electron chi connectivity index (χ1n) is 12.5. The number of hydrogen-bond acceptors (Lipinski definition) is 14. The molecule has 4 aromatic rings.